The Labute approximate surface area is 121 Å². The van der Waals surface area contributed by atoms with E-state index in [1.807, 2.05) is 23.1 Å². The predicted octanol–water partition coefficient (Wildman–Crippen LogP) is 1.35. The van der Waals surface area contributed by atoms with Crippen molar-refractivity contribution in [3.8, 4) is 0 Å². The highest BCUT2D eigenvalue weighted by Crippen LogP contribution is 2.32. The second kappa shape index (κ2) is 5.68. The fourth-order valence-corrected chi connectivity index (χ4v) is 3.20. The van der Waals surface area contributed by atoms with Gasteiger partial charge in [0.25, 0.3) is 5.91 Å². The average Bonchev–Trinajstić information content (AvgIpc) is 3.17. The molecule has 0 aliphatic carbocycles. The van der Waals surface area contributed by atoms with Crippen molar-refractivity contribution in [1.29, 1.82) is 0 Å². The number of aromatic nitrogens is 2. The molecule has 104 valence electrons. The fourth-order valence-electron chi connectivity index (χ4n) is 2.77. The molecule has 2 N–H and O–H groups in total. The summed E-state index contributed by atoms with van der Waals surface area (Å²) in [5, 5.41) is 5.55. The lowest BCUT2D eigenvalue weighted by atomic mass is 9.89. The Kier molecular flexibility index (Phi) is 3.75. The molecule has 0 saturated carbocycles. The van der Waals surface area contributed by atoms with Crippen LogP contribution in [0.2, 0.25) is 0 Å². The first-order chi connectivity index (χ1) is 9.79. The smallest absolute Gasteiger partial charge is 0.275 e. The number of carbonyl (C=O) groups is 1. The van der Waals surface area contributed by atoms with Crippen molar-refractivity contribution < 1.29 is 4.79 Å². The van der Waals surface area contributed by atoms with Gasteiger partial charge in [-0.1, -0.05) is 34.8 Å². The van der Waals surface area contributed by atoms with Crippen LogP contribution in [-0.2, 0) is 0 Å². The third-order valence-corrected chi connectivity index (χ3v) is 4.34. The summed E-state index contributed by atoms with van der Waals surface area (Å²) in [6.07, 6.45) is 0. The van der Waals surface area contributed by atoms with Crippen LogP contribution in [0.5, 0.6) is 0 Å². The molecule has 1 aliphatic rings. The zero-order chi connectivity index (χ0) is 13.9. The minimum Gasteiger partial charge on any atom is -0.336 e. The molecule has 0 radical (unpaired) electrons. The van der Waals surface area contributed by atoms with Crippen LogP contribution in [-0.4, -0.2) is 40.0 Å². The van der Waals surface area contributed by atoms with E-state index < -0.39 is 0 Å². The standard InChI is InChI=1S/C14H16N4OS/c15-6-11-7-18(14(19)13-9-20-17-16-13)8-12(11)10-4-2-1-3-5-10/h1-5,9,11-12H,6-8,15H2/t11-,12+/m1/s1. The van der Waals surface area contributed by atoms with Crippen LogP contribution >= 0.6 is 11.5 Å². The van der Waals surface area contributed by atoms with Gasteiger partial charge in [-0.25, -0.2) is 0 Å². The van der Waals surface area contributed by atoms with Gasteiger partial charge >= 0.3 is 0 Å². The third-order valence-electron chi connectivity index (χ3n) is 3.84. The maximum absolute atomic E-state index is 12.3. The molecule has 6 heteroatoms. The zero-order valence-electron chi connectivity index (χ0n) is 11.0. The summed E-state index contributed by atoms with van der Waals surface area (Å²) in [6.45, 7) is 1.97. The minimum absolute atomic E-state index is 0.0457. The summed E-state index contributed by atoms with van der Waals surface area (Å²) in [5.74, 6) is 0.556. The molecule has 0 spiro atoms. The number of rotatable bonds is 3. The Morgan fingerprint density at radius 3 is 2.80 bits per heavy atom. The molecule has 1 aliphatic heterocycles. The normalized spacial score (nSPS) is 22.1. The summed E-state index contributed by atoms with van der Waals surface area (Å²) >= 11 is 1.20. The summed E-state index contributed by atoms with van der Waals surface area (Å²) in [7, 11) is 0. The van der Waals surface area contributed by atoms with Gasteiger partial charge in [0.2, 0.25) is 0 Å². The highest BCUT2D eigenvalue weighted by molar-refractivity contribution is 7.03. The van der Waals surface area contributed by atoms with Crippen LogP contribution in [0.25, 0.3) is 0 Å². The van der Waals surface area contributed by atoms with E-state index in [0.717, 1.165) is 0 Å². The third kappa shape index (κ3) is 2.44. The van der Waals surface area contributed by atoms with Crippen molar-refractivity contribution in [2.45, 2.75) is 5.92 Å². The van der Waals surface area contributed by atoms with Crippen LogP contribution in [0.1, 0.15) is 22.0 Å². The molecule has 1 amide bonds. The second-order valence-corrected chi connectivity index (χ2v) is 5.62. The Morgan fingerprint density at radius 1 is 1.35 bits per heavy atom. The van der Waals surface area contributed by atoms with Gasteiger partial charge in [0.15, 0.2) is 5.69 Å². The molecule has 2 aromatic rings. The summed E-state index contributed by atoms with van der Waals surface area (Å²) < 4.78 is 3.75. The van der Waals surface area contributed by atoms with Crippen LogP contribution in [0.15, 0.2) is 35.7 Å². The number of carbonyl (C=O) groups excluding carboxylic acids is 1. The number of nitrogens with zero attached hydrogens (tertiary/aromatic N) is 3. The Balaban J connectivity index is 1.80. The van der Waals surface area contributed by atoms with Gasteiger partial charge in [0.05, 0.1) is 0 Å². The monoisotopic (exact) mass is 288 g/mol. The minimum atomic E-state index is -0.0457. The van der Waals surface area contributed by atoms with Crippen molar-refractivity contribution in [2.24, 2.45) is 11.7 Å². The van der Waals surface area contributed by atoms with Crippen molar-refractivity contribution in [2.75, 3.05) is 19.6 Å². The molecule has 3 rings (SSSR count). The van der Waals surface area contributed by atoms with Gasteiger partial charge in [-0.15, -0.1) is 5.10 Å². The molecular weight excluding hydrogens is 272 g/mol. The molecule has 0 unspecified atom stereocenters. The van der Waals surface area contributed by atoms with Gasteiger partial charge in [-0.2, -0.15) is 0 Å². The van der Waals surface area contributed by atoms with Gasteiger partial charge in [0.1, 0.15) is 0 Å². The topological polar surface area (TPSA) is 72.1 Å². The average molecular weight is 288 g/mol. The van der Waals surface area contributed by atoms with Crippen LogP contribution in [0.3, 0.4) is 0 Å². The lowest BCUT2D eigenvalue weighted by Gasteiger charge is -2.16. The Bertz CT molecular complexity index is 572. The van der Waals surface area contributed by atoms with Crippen LogP contribution < -0.4 is 5.73 Å². The van der Waals surface area contributed by atoms with E-state index in [1.54, 1.807) is 5.38 Å². The summed E-state index contributed by atoms with van der Waals surface area (Å²) in [6, 6.07) is 10.3. The second-order valence-electron chi connectivity index (χ2n) is 5.01. The molecule has 2 atom stereocenters. The maximum Gasteiger partial charge on any atom is 0.275 e. The largest absolute Gasteiger partial charge is 0.336 e. The van der Waals surface area contributed by atoms with E-state index in [4.69, 9.17) is 5.73 Å². The van der Waals surface area contributed by atoms with Gasteiger partial charge < -0.3 is 10.6 Å². The maximum atomic E-state index is 12.3. The number of hydrogen-bond donors (Lipinski definition) is 1. The first-order valence-corrected chi connectivity index (χ1v) is 7.44. The molecular formula is C14H16N4OS. The Hall–Kier alpha value is -1.79. The van der Waals surface area contributed by atoms with Crippen LogP contribution in [0, 0.1) is 5.92 Å². The highest BCUT2D eigenvalue weighted by atomic mass is 32.1. The Morgan fingerprint density at radius 2 is 2.15 bits per heavy atom. The van der Waals surface area contributed by atoms with Crippen molar-refractivity contribution in [1.82, 2.24) is 14.5 Å². The van der Waals surface area contributed by atoms with Crippen molar-refractivity contribution in [3.05, 3.63) is 47.0 Å². The van der Waals surface area contributed by atoms with Crippen LogP contribution in [0.4, 0.5) is 0 Å². The van der Waals surface area contributed by atoms with E-state index in [1.165, 1.54) is 17.1 Å². The molecule has 1 fully saturated rings. The number of hydrogen-bond acceptors (Lipinski definition) is 5. The quantitative estimate of drug-likeness (QED) is 0.925. The number of likely N-dealkylation sites (tertiary alicyclic amines) is 1. The molecule has 1 saturated heterocycles. The van der Waals surface area contributed by atoms with Crippen molar-refractivity contribution >= 4 is 17.4 Å². The summed E-state index contributed by atoms with van der Waals surface area (Å²) in [5.41, 5.74) is 7.55. The van der Waals surface area contributed by atoms with E-state index in [0.29, 0.717) is 37.2 Å². The van der Waals surface area contributed by atoms with E-state index in [-0.39, 0.29) is 5.91 Å². The number of nitrogens with two attached hydrogens (primary N) is 1. The molecule has 0 bridgehead atoms. The first kappa shape index (κ1) is 13.2. The van der Waals surface area contributed by atoms with Gasteiger partial charge in [-0.3, -0.25) is 4.79 Å². The predicted molar refractivity (Wildman–Crippen MR) is 77.5 cm³/mol. The number of benzene rings is 1. The highest BCUT2D eigenvalue weighted by Gasteiger charge is 2.36. The van der Waals surface area contributed by atoms with Gasteiger partial charge in [0, 0.05) is 24.4 Å². The van der Waals surface area contributed by atoms with E-state index in [9.17, 15) is 4.79 Å². The van der Waals surface area contributed by atoms with Crippen molar-refractivity contribution in [3.63, 3.8) is 0 Å². The fraction of sp³-hybridized carbons (Fsp3) is 0.357. The molecule has 1 aromatic carbocycles. The summed E-state index contributed by atoms with van der Waals surface area (Å²) in [4.78, 5) is 14.2. The lowest BCUT2D eigenvalue weighted by Crippen LogP contribution is -2.30. The molecule has 2 heterocycles. The molecule has 20 heavy (non-hydrogen) atoms. The van der Waals surface area contributed by atoms with E-state index in [2.05, 4.69) is 21.7 Å². The SMILES string of the molecule is NC[C@@H]1CN(C(=O)c2csnn2)C[C@H]1c1ccccc1. The lowest BCUT2D eigenvalue weighted by molar-refractivity contribution is 0.0780. The zero-order valence-corrected chi connectivity index (χ0v) is 11.8. The molecule has 1 aromatic heterocycles. The van der Waals surface area contributed by atoms with E-state index >= 15 is 0 Å². The van der Waals surface area contributed by atoms with Gasteiger partial charge in [-0.05, 0) is 29.6 Å². The first-order valence-electron chi connectivity index (χ1n) is 6.61. The molecule has 5 nitrogen and oxygen atoms in total. The number of amides is 1.